The van der Waals surface area contributed by atoms with E-state index in [2.05, 4.69) is 5.32 Å². The van der Waals surface area contributed by atoms with Crippen LogP contribution in [0.15, 0.2) is 23.1 Å². The molecule has 0 aromatic heterocycles. The fourth-order valence-electron chi connectivity index (χ4n) is 1.94. The Bertz CT molecular complexity index is 522. The second kappa shape index (κ2) is 6.75. The number of carbonyl (C=O) groups is 1. The van der Waals surface area contributed by atoms with Gasteiger partial charge >= 0.3 is 5.97 Å². The third-order valence-electron chi connectivity index (χ3n) is 3.24. The number of rotatable bonds is 7. The minimum absolute atomic E-state index is 0.197. The molecule has 1 fully saturated rings. The van der Waals surface area contributed by atoms with Gasteiger partial charge in [0.05, 0.1) is 6.61 Å². The fourth-order valence-corrected chi connectivity index (χ4v) is 2.99. The van der Waals surface area contributed by atoms with Crippen molar-refractivity contribution in [2.45, 2.75) is 43.2 Å². The maximum absolute atomic E-state index is 13.6. The van der Waals surface area contributed by atoms with E-state index in [1.165, 1.54) is 0 Å². The number of hydrogen-bond acceptors (Lipinski definition) is 4. The van der Waals surface area contributed by atoms with Gasteiger partial charge in [-0.05, 0) is 44.9 Å². The molecule has 0 saturated heterocycles. The lowest BCUT2D eigenvalue weighted by atomic mass is 10.1. The van der Waals surface area contributed by atoms with Crippen LogP contribution >= 0.6 is 11.8 Å². The van der Waals surface area contributed by atoms with Crippen LogP contribution in [0.1, 0.15) is 26.7 Å². The summed E-state index contributed by atoms with van der Waals surface area (Å²) >= 11 is 1.11. The van der Waals surface area contributed by atoms with Gasteiger partial charge in [-0.2, -0.15) is 0 Å². The van der Waals surface area contributed by atoms with Crippen LogP contribution in [0.4, 0.5) is 8.78 Å². The van der Waals surface area contributed by atoms with Gasteiger partial charge in [-0.1, -0.05) is 0 Å². The molecule has 2 rings (SSSR count). The number of thioether (sulfide) groups is 1. The van der Waals surface area contributed by atoms with Crippen LogP contribution in [0.2, 0.25) is 0 Å². The molecule has 1 atom stereocenters. The largest absolute Gasteiger partial charge is 0.465 e. The molecular formula is C15H19F2NO2S. The highest BCUT2D eigenvalue weighted by Crippen LogP contribution is 2.30. The Morgan fingerprint density at radius 3 is 2.81 bits per heavy atom. The topological polar surface area (TPSA) is 38.3 Å². The highest BCUT2D eigenvalue weighted by atomic mass is 32.2. The van der Waals surface area contributed by atoms with Gasteiger partial charge in [-0.3, -0.25) is 10.1 Å². The molecule has 0 spiro atoms. The molecule has 0 bridgehead atoms. The number of hydrogen-bond donors (Lipinski definition) is 1. The van der Waals surface area contributed by atoms with Gasteiger partial charge in [0.2, 0.25) is 0 Å². The van der Waals surface area contributed by atoms with E-state index in [-0.39, 0.29) is 16.6 Å². The minimum Gasteiger partial charge on any atom is -0.465 e. The standard InChI is InChI=1S/C15H19F2NO2S/c1-3-20-14(19)15(2,18-11-5-6-11)9-21-13-8-10(16)4-7-12(13)17/h4,7-8,11,18H,3,5-6,9H2,1-2H3. The molecule has 0 aliphatic heterocycles. The zero-order chi connectivity index (χ0) is 15.5. The zero-order valence-corrected chi connectivity index (χ0v) is 12.9. The van der Waals surface area contributed by atoms with Gasteiger partial charge in [0, 0.05) is 16.7 Å². The summed E-state index contributed by atoms with van der Waals surface area (Å²) in [5.41, 5.74) is -0.902. The SMILES string of the molecule is CCOC(=O)C(C)(CSc1cc(F)ccc1F)NC1CC1. The molecule has 1 aliphatic carbocycles. The molecule has 0 amide bonds. The van der Waals surface area contributed by atoms with Crippen molar-refractivity contribution in [2.75, 3.05) is 12.4 Å². The summed E-state index contributed by atoms with van der Waals surface area (Å²) in [4.78, 5) is 12.3. The quantitative estimate of drug-likeness (QED) is 0.620. The molecule has 1 saturated carbocycles. The van der Waals surface area contributed by atoms with Crippen molar-refractivity contribution in [1.82, 2.24) is 5.32 Å². The van der Waals surface area contributed by atoms with E-state index < -0.39 is 17.2 Å². The number of carbonyl (C=O) groups excluding carboxylic acids is 1. The maximum atomic E-state index is 13.6. The monoisotopic (exact) mass is 315 g/mol. The lowest BCUT2D eigenvalue weighted by Gasteiger charge is -2.28. The number of halogens is 2. The van der Waals surface area contributed by atoms with E-state index in [0.29, 0.717) is 12.6 Å². The average molecular weight is 315 g/mol. The first-order valence-corrected chi connectivity index (χ1v) is 7.96. The van der Waals surface area contributed by atoms with Gasteiger partial charge in [-0.15, -0.1) is 11.8 Å². The Kier molecular flexibility index (Phi) is 5.22. The Morgan fingerprint density at radius 2 is 2.19 bits per heavy atom. The van der Waals surface area contributed by atoms with Crippen LogP contribution in [-0.4, -0.2) is 29.9 Å². The van der Waals surface area contributed by atoms with Crippen molar-refractivity contribution in [3.8, 4) is 0 Å². The van der Waals surface area contributed by atoms with E-state index in [1.807, 2.05) is 0 Å². The molecule has 1 unspecified atom stereocenters. The van der Waals surface area contributed by atoms with Crippen molar-refractivity contribution >= 4 is 17.7 Å². The van der Waals surface area contributed by atoms with Gasteiger partial charge in [0.15, 0.2) is 0 Å². The first kappa shape index (κ1) is 16.2. The molecule has 1 aromatic rings. The molecule has 1 N–H and O–H groups in total. The summed E-state index contributed by atoms with van der Waals surface area (Å²) in [7, 11) is 0. The maximum Gasteiger partial charge on any atom is 0.326 e. The minimum atomic E-state index is -0.902. The molecule has 3 nitrogen and oxygen atoms in total. The van der Waals surface area contributed by atoms with Crippen LogP contribution in [0, 0.1) is 11.6 Å². The van der Waals surface area contributed by atoms with Crippen LogP contribution in [0.3, 0.4) is 0 Å². The number of ether oxygens (including phenoxy) is 1. The summed E-state index contributed by atoms with van der Waals surface area (Å²) in [6, 6.07) is 3.61. The molecule has 0 heterocycles. The first-order valence-electron chi connectivity index (χ1n) is 6.97. The average Bonchev–Trinajstić information content (AvgIpc) is 3.24. The predicted molar refractivity (Wildman–Crippen MR) is 78.3 cm³/mol. The third kappa shape index (κ3) is 4.41. The Labute approximate surface area is 127 Å². The lowest BCUT2D eigenvalue weighted by molar-refractivity contribution is -0.149. The van der Waals surface area contributed by atoms with Crippen molar-refractivity contribution < 1.29 is 18.3 Å². The second-order valence-corrected chi connectivity index (χ2v) is 6.35. The van der Waals surface area contributed by atoms with Crippen molar-refractivity contribution in [3.05, 3.63) is 29.8 Å². The Balaban J connectivity index is 2.07. The van der Waals surface area contributed by atoms with Crippen LogP contribution in [0.25, 0.3) is 0 Å². The van der Waals surface area contributed by atoms with Gasteiger partial charge in [0.25, 0.3) is 0 Å². The van der Waals surface area contributed by atoms with Gasteiger partial charge in [-0.25, -0.2) is 8.78 Å². The molecule has 0 radical (unpaired) electrons. The third-order valence-corrected chi connectivity index (χ3v) is 4.58. The molecule has 1 aliphatic rings. The van der Waals surface area contributed by atoms with Crippen molar-refractivity contribution in [2.24, 2.45) is 0 Å². The smallest absolute Gasteiger partial charge is 0.326 e. The number of nitrogens with one attached hydrogen (secondary N) is 1. The van der Waals surface area contributed by atoms with Crippen molar-refractivity contribution in [1.29, 1.82) is 0 Å². The summed E-state index contributed by atoms with van der Waals surface area (Å²) < 4.78 is 31.9. The van der Waals surface area contributed by atoms with Crippen molar-refractivity contribution in [3.63, 3.8) is 0 Å². The first-order chi connectivity index (χ1) is 9.94. The van der Waals surface area contributed by atoms with Crippen LogP contribution in [0.5, 0.6) is 0 Å². The normalized spacial score (nSPS) is 17.3. The van der Waals surface area contributed by atoms with E-state index in [4.69, 9.17) is 4.74 Å². The number of esters is 1. The summed E-state index contributed by atoms with van der Waals surface area (Å²) in [5, 5.41) is 3.24. The van der Waals surface area contributed by atoms with E-state index >= 15 is 0 Å². The fraction of sp³-hybridized carbons (Fsp3) is 0.533. The molecule has 1 aromatic carbocycles. The Hall–Kier alpha value is -1.14. The molecule has 6 heteroatoms. The van der Waals surface area contributed by atoms with Crippen LogP contribution < -0.4 is 5.32 Å². The second-order valence-electron chi connectivity index (χ2n) is 5.33. The van der Waals surface area contributed by atoms with Gasteiger partial charge < -0.3 is 4.74 Å². The summed E-state index contributed by atoms with van der Waals surface area (Å²) in [5.74, 6) is -1.06. The zero-order valence-electron chi connectivity index (χ0n) is 12.1. The van der Waals surface area contributed by atoms with E-state index in [9.17, 15) is 13.6 Å². The van der Waals surface area contributed by atoms with E-state index in [1.54, 1.807) is 13.8 Å². The molecule has 21 heavy (non-hydrogen) atoms. The molecule has 116 valence electrons. The number of benzene rings is 1. The summed E-state index contributed by atoms with van der Waals surface area (Å²) in [6.45, 7) is 3.78. The van der Waals surface area contributed by atoms with E-state index in [0.717, 1.165) is 42.8 Å². The lowest BCUT2D eigenvalue weighted by Crippen LogP contribution is -2.53. The molecular weight excluding hydrogens is 296 g/mol. The Morgan fingerprint density at radius 1 is 1.48 bits per heavy atom. The van der Waals surface area contributed by atoms with Gasteiger partial charge in [0.1, 0.15) is 17.2 Å². The highest BCUT2D eigenvalue weighted by Gasteiger charge is 2.39. The van der Waals surface area contributed by atoms with Crippen LogP contribution in [-0.2, 0) is 9.53 Å². The summed E-state index contributed by atoms with van der Waals surface area (Å²) in [6.07, 6.45) is 2.04. The predicted octanol–water partition coefficient (Wildman–Crippen LogP) is 3.13. The highest BCUT2D eigenvalue weighted by molar-refractivity contribution is 7.99.